The van der Waals surface area contributed by atoms with Crippen molar-refractivity contribution < 1.29 is 14.3 Å². The first-order chi connectivity index (χ1) is 10.7. The van der Waals surface area contributed by atoms with Gasteiger partial charge >= 0.3 is 6.16 Å². The molecule has 0 N–H and O–H groups in total. The van der Waals surface area contributed by atoms with Crippen molar-refractivity contribution in [3.05, 3.63) is 0 Å². The Morgan fingerprint density at radius 3 is 2.23 bits per heavy atom. The Labute approximate surface area is 145 Å². The van der Waals surface area contributed by atoms with E-state index in [1.54, 1.807) is 0 Å². The van der Waals surface area contributed by atoms with E-state index in [0.29, 0.717) is 6.61 Å². The van der Waals surface area contributed by atoms with Gasteiger partial charge in [-0.05, 0) is 38.5 Å². The summed E-state index contributed by atoms with van der Waals surface area (Å²) >= 11 is 3.39. The highest BCUT2D eigenvalue weighted by atomic mass is 79.9. The summed E-state index contributed by atoms with van der Waals surface area (Å²) in [5.41, 5.74) is 0. The van der Waals surface area contributed by atoms with E-state index in [1.165, 1.54) is 32.1 Å². The maximum atomic E-state index is 11.7. The largest absolute Gasteiger partial charge is 0.508 e. The lowest BCUT2D eigenvalue weighted by Gasteiger charge is -2.17. The highest BCUT2D eigenvalue weighted by Gasteiger charge is 2.14. The third-order valence-corrected chi connectivity index (χ3v) is 4.31. The predicted molar refractivity (Wildman–Crippen MR) is 96.8 cm³/mol. The van der Waals surface area contributed by atoms with E-state index in [4.69, 9.17) is 9.47 Å². The van der Waals surface area contributed by atoms with Gasteiger partial charge in [-0.2, -0.15) is 0 Å². The van der Waals surface area contributed by atoms with Crippen molar-refractivity contribution in [2.24, 2.45) is 0 Å². The molecule has 3 nitrogen and oxygen atoms in total. The van der Waals surface area contributed by atoms with Crippen molar-refractivity contribution in [2.45, 2.75) is 97.0 Å². The minimum Gasteiger partial charge on any atom is -0.434 e. The van der Waals surface area contributed by atoms with Crippen LogP contribution >= 0.6 is 15.9 Å². The lowest BCUT2D eigenvalue weighted by molar-refractivity contribution is 0.0161. The zero-order valence-electron chi connectivity index (χ0n) is 14.6. The predicted octanol–water partition coefficient (Wildman–Crippen LogP) is 6.62. The van der Waals surface area contributed by atoms with Crippen LogP contribution in [-0.4, -0.2) is 24.2 Å². The number of hydrogen-bond acceptors (Lipinski definition) is 3. The Balaban J connectivity index is 3.70. The highest BCUT2D eigenvalue weighted by molar-refractivity contribution is 9.09. The quantitative estimate of drug-likeness (QED) is 0.182. The molecule has 0 aliphatic heterocycles. The number of unbranched alkanes of at least 4 members (excludes halogenated alkanes) is 7. The first kappa shape index (κ1) is 21.8. The van der Waals surface area contributed by atoms with Gasteiger partial charge < -0.3 is 9.47 Å². The zero-order valence-corrected chi connectivity index (χ0v) is 16.2. The summed E-state index contributed by atoms with van der Waals surface area (Å²) in [6.07, 6.45) is 13.2. The molecule has 0 bridgehead atoms. The molecule has 0 radical (unpaired) electrons. The average Bonchev–Trinajstić information content (AvgIpc) is 2.50. The number of halogens is 1. The van der Waals surface area contributed by atoms with Crippen LogP contribution in [0.5, 0.6) is 0 Å². The fraction of sp³-hybridized carbons (Fsp3) is 0.944. The van der Waals surface area contributed by atoms with Crippen molar-refractivity contribution in [2.75, 3.05) is 11.9 Å². The topological polar surface area (TPSA) is 35.5 Å². The molecular weight excluding hydrogens is 344 g/mol. The fourth-order valence-corrected chi connectivity index (χ4v) is 2.83. The van der Waals surface area contributed by atoms with E-state index in [-0.39, 0.29) is 6.10 Å². The summed E-state index contributed by atoms with van der Waals surface area (Å²) in [5.74, 6) is 0. The summed E-state index contributed by atoms with van der Waals surface area (Å²) in [6.45, 7) is 4.83. The van der Waals surface area contributed by atoms with Gasteiger partial charge in [0.15, 0.2) is 0 Å². The molecule has 132 valence electrons. The lowest BCUT2D eigenvalue weighted by atomic mass is 10.0. The summed E-state index contributed by atoms with van der Waals surface area (Å²) in [4.78, 5) is 11.7. The van der Waals surface area contributed by atoms with E-state index in [9.17, 15) is 4.79 Å². The molecule has 4 heteroatoms. The van der Waals surface area contributed by atoms with Crippen molar-refractivity contribution in [3.63, 3.8) is 0 Å². The molecule has 0 aromatic carbocycles. The number of rotatable bonds is 15. The van der Waals surface area contributed by atoms with Crippen molar-refractivity contribution in [1.29, 1.82) is 0 Å². The molecule has 1 atom stereocenters. The molecule has 22 heavy (non-hydrogen) atoms. The van der Waals surface area contributed by atoms with Crippen LogP contribution in [0.2, 0.25) is 0 Å². The third kappa shape index (κ3) is 14.7. The summed E-state index contributed by atoms with van der Waals surface area (Å²) in [7, 11) is 0. The van der Waals surface area contributed by atoms with E-state index in [2.05, 4.69) is 29.8 Å². The van der Waals surface area contributed by atoms with Crippen LogP contribution in [0.3, 0.4) is 0 Å². The van der Waals surface area contributed by atoms with Crippen LogP contribution < -0.4 is 0 Å². The molecule has 0 rings (SSSR count). The minimum absolute atomic E-state index is 0.0335. The molecule has 0 amide bonds. The molecule has 0 fully saturated rings. The monoisotopic (exact) mass is 378 g/mol. The summed E-state index contributed by atoms with van der Waals surface area (Å²) in [6, 6.07) is 0. The third-order valence-electron chi connectivity index (χ3n) is 3.75. The van der Waals surface area contributed by atoms with Gasteiger partial charge in [0.25, 0.3) is 0 Å². The Kier molecular flexibility index (Phi) is 16.9. The van der Waals surface area contributed by atoms with E-state index in [1.807, 2.05) is 0 Å². The average molecular weight is 379 g/mol. The normalized spacial score (nSPS) is 12.1. The maximum Gasteiger partial charge on any atom is 0.508 e. The van der Waals surface area contributed by atoms with Crippen LogP contribution in [-0.2, 0) is 9.47 Å². The van der Waals surface area contributed by atoms with Crippen LogP contribution in [0.1, 0.15) is 90.9 Å². The smallest absolute Gasteiger partial charge is 0.434 e. The first-order valence-electron chi connectivity index (χ1n) is 9.13. The number of carbonyl (C=O) groups excluding carboxylic acids is 1. The lowest BCUT2D eigenvalue weighted by Crippen LogP contribution is -2.19. The Bertz CT molecular complexity index is 246. The molecule has 0 aliphatic carbocycles. The van der Waals surface area contributed by atoms with Gasteiger partial charge in [0.05, 0.1) is 6.61 Å². The Hall–Kier alpha value is -0.250. The Morgan fingerprint density at radius 2 is 1.55 bits per heavy atom. The van der Waals surface area contributed by atoms with Gasteiger partial charge in [0.2, 0.25) is 0 Å². The second-order valence-electron chi connectivity index (χ2n) is 5.93. The van der Waals surface area contributed by atoms with Gasteiger partial charge in [-0.3, -0.25) is 0 Å². The number of hydrogen-bond donors (Lipinski definition) is 0. The van der Waals surface area contributed by atoms with Gasteiger partial charge in [-0.25, -0.2) is 4.79 Å². The fourth-order valence-electron chi connectivity index (χ4n) is 2.44. The van der Waals surface area contributed by atoms with Gasteiger partial charge in [-0.15, -0.1) is 0 Å². The number of ether oxygens (including phenoxy) is 2. The molecule has 0 spiro atoms. The second-order valence-corrected chi connectivity index (χ2v) is 6.73. The van der Waals surface area contributed by atoms with Crippen molar-refractivity contribution in [1.82, 2.24) is 0 Å². The summed E-state index contributed by atoms with van der Waals surface area (Å²) in [5, 5.41) is 1.01. The molecule has 0 saturated carbocycles. The molecular formula is C18H35BrO3. The molecule has 0 heterocycles. The van der Waals surface area contributed by atoms with Crippen molar-refractivity contribution in [3.8, 4) is 0 Å². The maximum absolute atomic E-state index is 11.7. The number of alkyl halides is 1. The van der Waals surface area contributed by atoms with Crippen molar-refractivity contribution >= 4 is 22.1 Å². The minimum atomic E-state index is -0.483. The van der Waals surface area contributed by atoms with E-state index < -0.39 is 6.16 Å². The molecule has 0 aliphatic rings. The Morgan fingerprint density at radius 1 is 0.864 bits per heavy atom. The first-order valence-corrected chi connectivity index (χ1v) is 10.3. The molecule has 1 unspecified atom stereocenters. The van der Waals surface area contributed by atoms with Crippen LogP contribution in [0.15, 0.2) is 0 Å². The van der Waals surface area contributed by atoms with Gasteiger partial charge in [0, 0.05) is 5.33 Å². The van der Waals surface area contributed by atoms with Crippen LogP contribution in [0, 0.1) is 0 Å². The van der Waals surface area contributed by atoms with Crippen LogP contribution in [0.4, 0.5) is 4.79 Å². The van der Waals surface area contributed by atoms with Crippen LogP contribution in [0.25, 0.3) is 0 Å². The van der Waals surface area contributed by atoms with Gasteiger partial charge in [0.1, 0.15) is 6.10 Å². The van der Waals surface area contributed by atoms with E-state index in [0.717, 1.165) is 50.3 Å². The SMILES string of the molecule is CCCCCCCCC(CCC)OC(=O)OCCCCCBr. The number of carbonyl (C=O) groups is 1. The zero-order chi connectivity index (χ0) is 16.5. The summed E-state index contributed by atoms with van der Waals surface area (Å²) < 4.78 is 10.6. The second kappa shape index (κ2) is 17.1. The highest BCUT2D eigenvalue weighted by Crippen LogP contribution is 2.15. The van der Waals surface area contributed by atoms with Gasteiger partial charge in [-0.1, -0.05) is 68.3 Å². The standard InChI is InChI=1S/C18H35BrO3/c1-3-5-6-7-8-10-14-17(13-4-2)22-18(20)21-16-12-9-11-15-19/h17H,3-16H2,1-2H3. The molecule has 0 aromatic heterocycles. The van der Waals surface area contributed by atoms with E-state index >= 15 is 0 Å². The molecule has 0 saturated heterocycles. The molecule has 0 aromatic rings.